The highest BCUT2D eigenvalue weighted by Crippen LogP contribution is 2.34. The van der Waals surface area contributed by atoms with Crippen molar-refractivity contribution in [1.82, 2.24) is 10.3 Å². The van der Waals surface area contributed by atoms with Crippen molar-refractivity contribution in [1.29, 1.82) is 0 Å². The van der Waals surface area contributed by atoms with Crippen LogP contribution in [0.1, 0.15) is 27.4 Å². The minimum absolute atomic E-state index is 0.180. The molecule has 3 rings (SSSR count). The lowest BCUT2D eigenvalue weighted by Crippen LogP contribution is -2.33. The molecule has 0 radical (unpaired) electrons. The molecular weight excluding hydrogens is 332 g/mol. The van der Waals surface area contributed by atoms with Crippen LogP contribution in [-0.2, 0) is 6.42 Å². The normalized spacial score (nSPS) is 15.8. The summed E-state index contributed by atoms with van der Waals surface area (Å²) in [5.41, 5.74) is 5.56. The molecule has 0 bridgehead atoms. The second-order valence-corrected chi connectivity index (χ2v) is 5.92. The van der Waals surface area contributed by atoms with Gasteiger partial charge in [-0.15, -0.1) is 0 Å². The largest absolute Gasteiger partial charge is 0.351 e. The molecule has 1 aromatic heterocycles. The number of nitrogen functional groups attached to an aromatic ring is 1. The molecule has 1 amide bonds. The summed E-state index contributed by atoms with van der Waals surface area (Å²) in [6, 6.07) is 10.0. The van der Waals surface area contributed by atoms with Gasteiger partial charge in [0.25, 0.3) is 5.91 Å². The fraction of sp³-hybridized carbons (Fsp3) is 0.200. The number of nitrogens with one attached hydrogen (secondary N) is 2. The predicted molar refractivity (Wildman–Crippen MR) is 85.0 cm³/mol. The molecule has 0 saturated carbocycles. The van der Waals surface area contributed by atoms with Crippen LogP contribution in [-0.4, -0.2) is 17.4 Å². The highest BCUT2D eigenvalue weighted by Gasteiger charge is 2.26. The Morgan fingerprint density at radius 3 is 3.00 bits per heavy atom. The van der Waals surface area contributed by atoms with E-state index in [1.54, 1.807) is 12.3 Å². The number of carbonyl (C=O) groups is 1. The first-order valence-electron chi connectivity index (χ1n) is 6.67. The molecule has 0 fully saturated rings. The standard InChI is InChI=1S/C15H15BrN4O/c16-11-6-13(14(20-17)18-8-11)15(21)19-7-10-5-9-3-1-2-4-12(9)10/h1-4,6,8,10H,5,7,17H2,(H,18,20)(H,19,21). The van der Waals surface area contributed by atoms with E-state index in [1.807, 2.05) is 12.1 Å². The zero-order valence-corrected chi connectivity index (χ0v) is 12.9. The van der Waals surface area contributed by atoms with Crippen molar-refractivity contribution in [3.8, 4) is 0 Å². The van der Waals surface area contributed by atoms with Crippen molar-refractivity contribution in [2.75, 3.05) is 12.0 Å². The number of rotatable bonds is 4. The summed E-state index contributed by atoms with van der Waals surface area (Å²) in [5, 5.41) is 2.95. The van der Waals surface area contributed by atoms with Crippen LogP contribution in [0.15, 0.2) is 41.0 Å². The summed E-state index contributed by atoms with van der Waals surface area (Å²) in [6.45, 7) is 0.617. The van der Waals surface area contributed by atoms with Crippen molar-refractivity contribution in [2.24, 2.45) is 5.84 Å². The van der Waals surface area contributed by atoms with E-state index in [0.29, 0.717) is 23.8 Å². The Hall–Kier alpha value is -1.92. The fourth-order valence-corrected chi connectivity index (χ4v) is 2.91. The van der Waals surface area contributed by atoms with Gasteiger partial charge < -0.3 is 10.7 Å². The van der Waals surface area contributed by atoms with Gasteiger partial charge in [-0.05, 0) is 39.5 Å². The van der Waals surface area contributed by atoms with Crippen molar-refractivity contribution >= 4 is 27.7 Å². The molecule has 2 aromatic rings. The Morgan fingerprint density at radius 2 is 2.24 bits per heavy atom. The van der Waals surface area contributed by atoms with Crippen LogP contribution in [0, 0.1) is 0 Å². The van der Waals surface area contributed by atoms with Crippen LogP contribution in [0.25, 0.3) is 0 Å². The van der Waals surface area contributed by atoms with Crippen molar-refractivity contribution < 1.29 is 4.79 Å². The minimum atomic E-state index is -0.180. The van der Waals surface area contributed by atoms with E-state index in [-0.39, 0.29) is 5.91 Å². The number of benzene rings is 1. The molecule has 0 spiro atoms. The average molecular weight is 347 g/mol. The van der Waals surface area contributed by atoms with Crippen LogP contribution >= 0.6 is 15.9 Å². The van der Waals surface area contributed by atoms with E-state index in [4.69, 9.17) is 5.84 Å². The van der Waals surface area contributed by atoms with E-state index in [9.17, 15) is 4.79 Å². The Balaban J connectivity index is 1.67. The molecule has 1 aliphatic carbocycles. The summed E-state index contributed by atoms with van der Waals surface area (Å²) in [6.07, 6.45) is 2.60. The van der Waals surface area contributed by atoms with Crippen LogP contribution < -0.4 is 16.6 Å². The van der Waals surface area contributed by atoms with E-state index in [2.05, 4.69) is 43.8 Å². The van der Waals surface area contributed by atoms with Gasteiger partial charge in [0, 0.05) is 23.1 Å². The molecule has 108 valence electrons. The topological polar surface area (TPSA) is 80.0 Å². The van der Waals surface area contributed by atoms with Gasteiger partial charge in [-0.2, -0.15) is 0 Å². The number of aromatic nitrogens is 1. The maximum Gasteiger partial charge on any atom is 0.255 e. The Morgan fingerprint density at radius 1 is 1.43 bits per heavy atom. The fourth-order valence-electron chi connectivity index (χ4n) is 2.58. The van der Waals surface area contributed by atoms with Crippen LogP contribution in [0.4, 0.5) is 5.82 Å². The number of carbonyl (C=O) groups excluding carboxylic acids is 1. The second kappa shape index (κ2) is 5.83. The number of pyridine rings is 1. The van der Waals surface area contributed by atoms with E-state index in [0.717, 1.165) is 10.9 Å². The number of nitrogens with zero attached hydrogens (tertiary/aromatic N) is 1. The van der Waals surface area contributed by atoms with E-state index < -0.39 is 0 Å². The number of hydrogen-bond donors (Lipinski definition) is 3. The Bertz CT molecular complexity index is 689. The van der Waals surface area contributed by atoms with Crippen LogP contribution in [0.3, 0.4) is 0 Å². The van der Waals surface area contributed by atoms with Crippen molar-refractivity contribution in [3.63, 3.8) is 0 Å². The van der Waals surface area contributed by atoms with Crippen molar-refractivity contribution in [3.05, 3.63) is 57.7 Å². The van der Waals surface area contributed by atoms with Gasteiger partial charge in [0.2, 0.25) is 0 Å². The molecule has 1 aliphatic rings. The first-order chi connectivity index (χ1) is 10.2. The zero-order valence-electron chi connectivity index (χ0n) is 11.3. The smallest absolute Gasteiger partial charge is 0.255 e. The molecule has 21 heavy (non-hydrogen) atoms. The van der Waals surface area contributed by atoms with Gasteiger partial charge in [-0.3, -0.25) is 4.79 Å². The van der Waals surface area contributed by atoms with Crippen molar-refractivity contribution in [2.45, 2.75) is 12.3 Å². The molecule has 1 unspecified atom stereocenters. The predicted octanol–water partition coefficient (Wildman–Crippen LogP) is 2.20. The lowest BCUT2D eigenvalue weighted by atomic mass is 9.77. The number of nitrogens with two attached hydrogens (primary N) is 1. The number of hydrogen-bond acceptors (Lipinski definition) is 4. The molecule has 6 heteroatoms. The summed E-state index contributed by atoms with van der Waals surface area (Å²) >= 11 is 3.31. The van der Waals surface area contributed by atoms with Gasteiger partial charge in [0.05, 0.1) is 5.56 Å². The molecular formula is C15H15BrN4O. The lowest BCUT2D eigenvalue weighted by Gasteiger charge is -2.30. The third-order valence-corrected chi connectivity index (χ3v) is 4.14. The molecule has 5 nitrogen and oxygen atoms in total. The molecule has 0 aliphatic heterocycles. The third-order valence-electron chi connectivity index (χ3n) is 3.71. The molecule has 1 aromatic carbocycles. The third kappa shape index (κ3) is 2.77. The molecule has 1 heterocycles. The number of fused-ring (bicyclic) bond motifs is 1. The molecule has 4 N–H and O–H groups in total. The van der Waals surface area contributed by atoms with Crippen LogP contribution in [0.2, 0.25) is 0 Å². The number of amides is 1. The monoisotopic (exact) mass is 346 g/mol. The number of halogens is 1. The summed E-state index contributed by atoms with van der Waals surface area (Å²) in [4.78, 5) is 16.3. The Kier molecular flexibility index (Phi) is 3.90. The van der Waals surface area contributed by atoms with Gasteiger partial charge in [-0.25, -0.2) is 10.8 Å². The van der Waals surface area contributed by atoms with E-state index >= 15 is 0 Å². The van der Waals surface area contributed by atoms with Gasteiger partial charge in [0.15, 0.2) is 5.82 Å². The van der Waals surface area contributed by atoms with E-state index in [1.165, 1.54) is 11.1 Å². The molecule has 1 atom stereocenters. The minimum Gasteiger partial charge on any atom is -0.351 e. The van der Waals surface area contributed by atoms with Gasteiger partial charge >= 0.3 is 0 Å². The summed E-state index contributed by atoms with van der Waals surface area (Å²) in [7, 11) is 0. The maximum absolute atomic E-state index is 12.3. The van der Waals surface area contributed by atoms with Crippen LogP contribution in [0.5, 0.6) is 0 Å². The SMILES string of the molecule is NNc1ncc(Br)cc1C(=O)NCC1Cc2ccccc21. The average Bonchev–Trinajstić information content (AvgIpc) is 2.48. The molecule has 0 saturated heterocycles. The number of anilines is 1. The maximum atomic E-state index is 12.3. The number of hydrazine groups is 1. The summed E-state index contributed by atoms with van der Waals surface area (Å²) < 4.78 is 0.737. The lowest BCUT2D eigenvalue weighted by molar-refractivity contribution is 0.0950. The quantitative estimate of drug-likeness (QED) is 0.585. The first-order valence-corrected chi connectivity index (χ1v) is 7.46. The second-order valence-electron chi connectivity index (χ2n) is 5.00. The first kappa shape index (κ1) is 14.0. The zero-order chi connectivity index (χ0) is 14.8. The van der Waals surface area contributed by atoms with Gasteiger partial charge in [-0.1, -0.05) is 24.3 Å². The Labute approximate surface area is 131 Å². The highest BCUT2D eigenvalue weighted by atomic mass is 79.9. The highest BCUT2D eigenvalue weighted by molar-refractivity contribution is 9.10. The summed E-state index contributed by atoms with van der Waals surface area (Å²) in [5.74, 6) is 5.96. The van der Waals surface area contributed by atoms with Gasteiger partial charge in [0.1, 0.15) is 0 Å².